The number of nitrogens with two attached hydrogens (primary N) is 1. The van der Waals surface area contributed by atoms with Crippen LogP contribution in [0.4, 0.5) is 10.1 Å². The van der Waals surface area contributed by atoms with Gasteiger partial charge in [-0.05, 0) is 24.1 Å². The fourth-order valence-corrected chi connectivity index (χ4v) is 2.03. The lowest BCUT2D eigenvalue weighted by molar-refractivity contribution is 0.0817. The van der Waals surface area contributed by atoms with Crippen LogP contribution in [0.3, 0.4) is 0 Å². The van der Waals surface area contributed by atoms with Crippen molar-refractivity contribution in [2.45, 2.75) is 32.8 Å². The van der Waals surface area contributed by atoms with E-state index in [4.69, 9.17) is 5.73 Å². The molecule has 0 fully saturated rings. The van der Waals surface area contributed by atoms with Gasteiger partial charge < -0.3 is 16.2 Å². The predicted molar refractivity (Wildman–Crippen MR) is 73.2 cm³/mol. The van der Waals surface area contributed by atoms with Crippen molar-refractivity contribution in [1.82, 2.24) is 5.32 Å². The first-order chi connectivity index (χ1) is 8.99. The minimum atomic E-state index is -0.583. The predicted octanol–water partition coefficient (Wildman–Crippen LogP) is 1.93. The molecule has 1 atom stereocenters. The topological polar surface area (TPSA) is 75.3 Å². The highest BCUT2D eigenvalue weighted by atomic mass is 19.1. The average Bonchev–Trinajstić information content (AvgIpc) is 2.37. The highest BCUT2D eigenvalue weighted by Crippen LogP contribution is 2.15. The molecule has 0 heterocycles. The van der Waals surface area contributed by atoms with E-state index in [1.54, 1.807) is 0 Å². The first-order valence-electron chi connectivity index (χ1n) is 6.50. The molecule has 0 spiro atoms. The van der Waals surface area contributed by atoms with Gasteiger partial charge in [-0.3, -0.25) is 4.79 Å². The highest BCUT2D eigenvalue weighted by Gasteiger charge is 2.17. The van der Waals surface area contributed by atoms with E-state index in [-0.39, 0.29) is 23.7 Å². The third-order valence-electron chi connectivity index (χ3n) is 3.32. The standard InChI is InChI=1S/C14H21FN2O2/c1-3-9(4-2)13(18)8-17-14(19)11-6-5-10(15)7-12(11)16/h5-7,9,13,18H,3-4,8,16H2,1-2H3,(H,17,19). The third-order valence-corrected chi connectivity index (χ3v) is 3.32. The van der Waals surface area contributed by atoms with Crippen LogP contribution in [-0.2, 0) is 0 Å². The highest BCUT2D eigenvalue weighted by molar-refractivity contribution is 5.99. The van der Waals surface area contributed by atoms with E-state index in [1.165, 1.54) is 12.1 Å². The normalized spacial score (nSPS) is 12.5. The zero-order chi connectivity index (χ0) is 14.4. The Morgan fingerprint density at radius 1 is 1.42 bits per heavy atom. The van der Waals surface area contributed by atoms with Crippen LogP contribution >= 0.6 is 0 Å². The zero-order valence-electron chi connectivity index (χ0n) is 11.3. The van der Waals surface area contributed by atoms with Gasteiger partial charge in [0.25, 0.3) is 5.91 Å². The fraction of sp³-hybridized carbons (Fsp3) is 0.500. The monoisotopic (exact) mass is 268 g/mol. The van der Waals surface area contributed by atoms with Gasteiger partial charge in [-0.15, -0.1) is 0 Å². The molecule has 1 rings (SSSR count). The number of nitrogen functional groups attached to an aromatic ring is 1. The molecule has 4 nitrogen and oxygen atoms in total. The molecular weight excluding hydrogens is 247 g/mol. The lowest BCUT2D eigenvalue weighted by Crippen LogP contribution is -2.36. The Balaban J connectivity index is 2.60. The lowest BCUT2D eigenvalue weighted by Gasteiger charge is -2.20. The first-order valence-corrected chi connectivity index (χ1v) is 6.50. The molecule has 0 aromatic heterocycles. The van der Waals surface area contributed by atoms with Crippen molar-refractivity contribution in [2.75, 3.05) is 12.3 Å². The van der Waals surface area contributed by atoms with E-state index in [1.807, 2.05) is 13.8 Å². The van der Waals surface area contributed by atoms with E-state index in [0.717, 1.165) is 18.9 Å². The van der Waals surface area contributed by atoms with Crippen molar-refractivity contribution in [3.8, 4) is 0 Å². The molecule has 1 aromatic carbocycles. The molecule has 0 radical (unpaired) electrons. The van der Waals surface area contributed by atoms with Crippen LogP contribution in [-0.4, -0.2) is 23.7 Å². The van der Waals surface area contributed by atoms with Crippen LogP contribution in [0.25, 0.3) is 0 Å². The van der Waals surface area contributed by atoms with E-state index in [9.17, 15) is 14.3 Å². The number of carbonyl (C=O) groups is 1. The van der Waals surface area contributed by atoms with Gasteiger partial charge >= 0.3 is 0 Å². The maximum Gasteiger partial charge on any atom is 0.253 e. The van der Waals surface area contributed by atoms with Crippen molar-refractivity contribution in [3.63, 3.8) is 0 Å². The van der Waals surface area contributed by atoms with Crippen LogP contribution < -0.4 is 11.1 Å². The van der Waals surface area contributed by atoms with Gasteiger partial charge in [-0.2, -0.15) is 0 Å². The Labute approximate surface area is 112 Å². The van der Waals surface area contributed by atoms with Crippen LogP contribution in [0.5, 0.6) is 0 Å². The Morgan fingerprint density at radius 3 is 2.58 bits per heavy atom. The summed E-state index contributed by atoms with van der Waals surface area (Å²) in [6, 6.07) is 3.62. The molecule has 0 bridgehead atoms. The van der Waals surface area contributed by atoms with Gasteiger partial charge in [0, 0.05) is 12.2 Å². The van der Waals surface area contributed by atoms with E-state index >= 15 is 0 Å². The number of aliphatic hydroxyl groups excluding tert-OH is 1. The number of anilines is 1. The van der Waals surface area contributed by atoms with Crippen molar-refractivity contribution < 1.29 is 14.3 Å². The van der Waals surface area contributed by atoms with Crippen molar-refractivity contribution in [3.05, 3.63) is 29.6 Å². The summed E-state index contributed by atoms with van der Waals surface area (Å²) in [4.78, 5) is 11.9. The molecule has 0 aliphatic heterocycles. The van der Waals surface area contributed by atoms with Crippen molar-refractivity contribution in [2.24, 2.45) is 5.92 Å². The lowest BCUT2D eigenvalue weighted by atomic mass is 9.96. The van der Waals surface area contributed by atoms with Gasteiger partial charge in [0.1, 0.15) is 5.82 Å². The van der Waals surface area contributed by atoms with Gasteiger partial charge in [0.15, 0.2) is 0 Å². The molecular formula is C14H21FN2O2. The molecule has 1 amide bonds. The summed E-state index contributed by atoms with van der Waals surface area (Å²) >= 11 is 0. The Morgan fingerprint density at radius 2 is 2.05 bits per heavy atom. The molecule has 0 aliphatic carbocycles. The average molecular weight is 268 g/mol. The second-order valence-corrected chi connectivity index (χ2v) is 4.59. The van der Waals surface area contributed by atoms with Gasteiger partial charge in [0.2, 0.25) is 0 Å². The van der Waals surface area contributed by atoms with Crippen molar-refractivity contribution in [1.29, 1.82) is 0 Å². The summed E-state index contributed by atoms with van der Waals surface area (Å²) in [6.45, 7) is 4.16. The summed E-state index contributed by atoms with van der Waals surface area (Å²) in [5.74, 6) is -0.723. The second-order valence-electron chi connectivity index (χ2n) is 4.59. The number of benzene rings is 1. The molecule has 1 unspecified atom stereocenters. The van der Waals surface area contributed by atoms with Crippen molar-refractivity contribution >= 4 is 11.6 Å². The van der Waals surface area contributed by atoms with Crippen LogP contribution in [0.15, 0.2) is 18.2 Å². The molecule has 4 N–H and O–H groups in total. The molecule has 106 valence electrons. The summed E-state index contributed by atoms with van der Waals surface area (Å²) < 4.78 is 12.9. The zero-order valence-corrected chi connectivity index (χ0v) is 11.3. The van der Waals surface area contributed by atoms with Crippen LogP contribution in [0.1, 0.15) is 37.0 Å². The Bertz CT molecular complexity index is 433. The SMILES string of the molecule is CCC(CC)C(O)CNC(=O)c1ccc(F)cc1N. The second kappa shape index (κ2) is 7.09. The maximum absolute atomic E-state index is 12.9. The van der Waals surface area contributed by atoms with Gasteiger partial charge in [0.05, 0.1) is 11.7 Å². The minimum absolute atomic E-state index is 0.0922. The number of hydrogen-bond donors (Lipinski definition) is 3. The number of carbonyl (C=O) groups excluding carboxylic acids is 1. The summed E-state index contributed by atoms with van der Waals surface area (Å²) in [5.41, 5.74) is 5.89. The van der Waals surface area contributed by atoms with Gasteiger partial charge in [-0.1, -0.05) is 26.7 Å². The summed E-state index contributed by atoms with van der Waals surface area (Å²) in [5, 5.41) is 12.5. The van der Waals surface area contributed by atoms with Gasteiger partial charge in [-0.25, -0.2) is 4.39 Å². The number of hydrogen-bond acceptors (Lipinski definition) is 3. The number of aliphatic hydroxyl groups is 1. The first kappa shape index (κ1) is 15.4. The van der Waals surface area contributed by atoms with Crippen LogP contribution in [0, 0.1) is 11.7 Å². The largest absolute Gasteiger partial charge is 0.398 e. The summed E-state index contributed by atoms with van der Waals surface area (Å²) in [6.07, 6.45) is 1.12. The fourth-order valence-electron chi connectivity index (χ4n) is 2.03. The Kier molecular flexibility index (Phi) is 5.76. The molecule has 0 saturated carbocycles. The minimum Gasteiger partial charge on any atom is -0.398 e. The van der Waals surface area contributed by atoms with E-state index < -0.39 is 17.8 Å². The van der Waals surface area contributed by atoms with E-state index in [0.29, 0.717) is 0 Å². The molecule has 0 saturated heterocycles. The molecule has 0 aliphatic rings. The number of nitrogens with one attached hydrogen (secondary N) is 1. The summed E-state index contributed by atoms with van der Waals surface area (Å²) in [7, 11) is 0. The maximum atomic E-state index is 12.9. The molecule has 1 aromatic rings. The van der Waals surface area contributed by atoms with E-state index in [2.05, 4.69) is 5.32 Å². The molecule has 19 heavy (non-hydrogen) atoms. The third kappa shape index (κ3) is 4.21. The van der Waals surface area contributed by atoms with Crippen LogP contribution in [0.2, 0.25) is 0 Å². The molecule has 5 heteroatoms. The number of rotatable bonds is 6. The number of amides is 1. The quantitative estimate of drug-likeness (QED) is 0.690. The smallest absolute Gasteiger partial charge is 0.253 e. The Hall–Kier alpha value is -1.62. The number of halogens is 1.